The van der Waals surface area contributed by atoms with Crippen LogP contribution < -0.4 is 4.90 Å². The van der Waals surface area contributed by atoms with Gasteiger partial charge in [0.1, 0.15) is 5.41 Å². The van der Waals surface area contributed by atoms with Crippen molar-refractivity contribution >= 4 is 17.5 Å². The first-order valence-corrected chi connectivity index (χ1v) is 16.2. The summed E-state index contributed by atoms with van der Waals surface area (Å²) in [7, 11) is 0. The van der Waals surface area contributed by atoms with E-state index >= 15 is 0 Å². The number of unbranched alkanes of at least 4 members (excludes halogenated alkanes) is 12. The van der Waals surface area contributed by atoms with Gasteiger partial charge >= 0.3 is 0 Å². The van der Waals surface area contributed by atoms with E-state index in [4.69, 9.17) is 0 Å². The maximum absolute atomic E-state index is 14.2. The summed E-state index contributed by atoms with van der Waals surface area (Å²) < 4.78 is 0. The molecule has 1 fully saturated rings. The van der Waals surface area contributed by atoms with Crippen LogP contribution in [0.3, 0.4) is 0 Å². The van der Waals surface area contributed by atoms with Crippen molar-refractivity contribution in [3.63, 3.8) is 0 Å². The molecule has 0 radical (unpaired) electrons. The second-order valence-electron chi connectivity index (χ2n) is 12.6. The Morgan fingerprint density at radius 3 is 1.93 bits per heavy atom. The van der Waals surface area contributed by atoms with Crippen LogP contribution in [0.25, 0.3) is 0 Å². The lowest BCUT2D eigenvalue weighted by atomic mass is 9.67. The molecule has 1 spiro atoms. The van der Waals surface area contributed by atoms with Crippen LogP contribution in [0.15, 0.2) is 54.6 Å². The highest BCUT2D eigenvalue weighted by Gasteiger charge is 2.65. The van der Waals surface area contributed by atoms with Crippen molar-refractivity contribution in [3.8, 4) is 0 Å². The highest BCUT2D eigenvalue weighted by Crippen LogP contribution is 2.56. The molecule has 2 aliphatic rings. The average Bonchev–Trinajstić information content (AvgIpc) is 3.38. The van der Waals surface area contributed by atoms with Crippen LogP contribution in [-0.4, -0.2) is 28.8 Å². The molecular weight excluding hydrogens is 492 g/mol. The molecule has 4 heteroatoms. The zero-order valence-electron chi connectivity index (χ0n) is 25.4. The maximum atomic E-state index is 14.2. The van der Waals surface area contributed by atoms with Crippen LogP contribution in [0.2, 0.25) is 0 Å². The van der Waals surface area contributed by atoms with E-state index in [1.807, 2.05) is 40.1 Å². The Labute approximate surface area is 243 Å². The van der Waals surface area contributed by atoms with Crippen molar-refractivity contribution in [2.45, 2.75) is 135 Å². The molecule has 1 atom stereocenters. The Kier molecular flexibility index (Phi) is 10.9. The van der Waals surface area contributed by atoms with E-state index in [9.17, 15) is 9.59 Å². The van der Waals surface area contributed by atoms with Crippen LogP contribution in [0, 0.1) is 0 Å². The van der Waals surface area contributed by atoms with E-state index in [2.05, 4.69) is 45.0 Å². The number of hydrogen-bond donors (Lipinski definition) is 0. The number of carbonyl (C=O) groups excluding carboxylic acids is 2. The first kappa shape index (κ1) is 30.3. The molecule has 2 aromatic carbocycles. The Balaban J connectivity index is 1.26. The SMILES string of the molecule is CCCCCCCCCCCCCCCC(=O)N1CC[C@@]2(C(=O)N(Cc3ccccc3)c3ccccc32)C1(C)C. The summed E-state index contributed by atoms with van der Waals surface area (Å²) in [5.74, 6) is 0.343. The van der Waals surface area contributed by atoms with E-state index < -0.39 is 11.0 Å². The Bertz CT molecular complexity index is 1090. The molecule has 0 aliphatic carbocycles. The summed E-state index contributed by atoms with van der Waals surface area (Å²) in [5.41, 5.74) is 1.93. The summed E-state index contributed by atoms with van der Waals surface area (Å²) in [6.07, 6.45) is 18.2. The molecule has 2 aromatic rings. The highest BCUT2D eigenvalue weighted by atomic mass is 16.2. The summed E-state index contributed by atoms with van der Waals surface area (Å²) >= 11 is 0. The number of hydrogen-bond acceptors (Lipinski definition) is 2. The van der Waals surface area contributed by atoms with Crippen LogP contribution in [0.1, 0.15) is 128 Å². The molecule has 1 saturated heterocycles. The number of anilines is 1. The van der Waals surface area contributed by atoms with E-state index in [1.54, 1.807) is 0 Å². The fraction of sp³-hybridized carbons (Fsp3) is 0.611. The number of likely N-dealkylation sites (tertiary alicyclic amines) is 1. The van der Waals surface area contributed by atoms with E-state index in [1.165, 1.54) is 70.6 Å². The number of nitrogens with zero attached hydrogens (tertiary/aromatic N) is 2. The third-order valence-corrected chi connectivity index (χ3v) is 9.67. The minimum atomic E-state index is -0.690. The van der Waals surface area contributed by atoms with Crippen molar-refractivity contribution in [1.82, 2.24) is 4.90 Å². The summed E-state index contributed by atoms with van der Waals surface area (Å²) in [4.78, 5) is 31.7. The number of benzene rings is 2. The molecule has 0 aromatic heterocycles. The van der Waals surface area contributed by atoms with Crippen molar-refractivity contribution in [1.29, 1.82) is 0 Å². The van der Waals surface area contributed by atoms with Crippen molar-refractivity contribution in [2.24, 2.45) is 0 Å². The molecule has 40 heavy (non-hydrogen) atoms. The molecule has 0 unspecified atom stereocenters. The van der Waals surface area contributed by atoms with Crippen molar-refractivity contribution in [3.05, 3.63) is 65.7 Å². The molecule has 4 rings (SSSR count). The Morgan fingerprint density at radius 2 is 1.30 bits per heavy atom. The second-order valence-corrected chi connectivity index (χ2v) is 12.6. The molecule has 218 valence electrons. The molecule has 0 saturated carbocycles. The predicted molar refractivity (Wildman–Crippen MR) is 166 cm³/mol. The van der Waals surface area contributed by atoms with Gasteiger partial charge in [0.2, 0.25) is 11.8 Å². The lowest BCUT2D eigenvalue weighted by molar-refractivity contribution is -0.137. The summed E-state index contributed by atoms with van der Waals surface area (Å²) in [6.45, 7) is 7.70. The van der Waals surface area contributed by atoms with E-state index in [0.717, 1.165) is 29.7 Å². The zero-order chi connectivity index (χ0) is 28.4. The normalized spacial score (nSPS) is 19.5. The third-order valence-electron chi connectivity index (χ3n) is 9.67. The molecule has 4 nitrogen and oxygen atoms in total. The minimum Gasteiger partial charge on any atom is -0.336 e. The van der Waals surface area contributed by atoms with Gasteiger partial charge in [-0.15, -0.1) is 0 Å². The van der Waals surface area contributed by atoms with Gasteiger partial charge in [-0.2, -0.15) is 0 Å². The van der Waals surface area contributed by atoms with Crippen LogP contribution >= 0.6 is 0 Å². The number of para-hydroxylation sites is 1. The number of rotatable bonds is 16. The van der Waals surface area contributed by atoms with E-state index in [-0.39, 0.29) is 11.8 Å². The van der Waals surface area contributed by atoms with Crippen LogP contribution in [-0.2, 0) is 21.5 Å². The van der Waals surface area contributed by atoms with Gasteiger partial charge in [-0.05, 0) is 43.9 Å². The van der Waals surface area contributed by atoms with Crippen LogP contribution in [0.4, 0.5) is 5.69 Å². The highest BCUT2D eigenvalue weighted by molar-refractivity contribution is 6.10. The molecule has 0 N–H and O–H groups in total. The summed E-state index contributed by atoms with van der Waals surface area (Å²) in [5, 5.41) is 0. The standard InChI is InChI=1S/C36H52N2O2/c1-4-5-6-7-8-9-10-11-12-13-14-15-19-26-33(39)38-28-27-36(35(38,2)3)31-24-20-21-25-32(31)37(34(36)40)29-30-22-17-16-18-23-30/h16-18,20-25H,4-15,19,26-29H2,1-3H3/t36-/m1/s1. The van der Waals surface area contributed by atoms with Gasteiger partial charge in [-0.1, -0.05) is 133 Å². The molecular formula is C36H52N2O2. The predicted octanol–water partition coefficient (Wildman–Crippen LogP) is 8.96. The number of fused-ring (bicyclic) bond motifs is 2. The van der Waals surface area contributed by atoms with Gasteiger partial charge in [0.25, 0.3) is 0 Å². The van der Waals surface area contributed by atoms with Gasteiger partial charge in [0, 0.05) is 18.7 Å². The average molecular weight is 545 g/mol. The van der Waals surface area contributed by atoms with Gasteiger partial charge in [0.05, 0.1) is 12.1 Å². The van der Waals surface area contributed by atoms with Gasteiger partial charge in [0.15, 0.2) is 0 Å². The second kappa shape index (κ2) is 14.3. The maximum Gasteiger partial charge on any atom is 0.240 e. The largest absolute Gasteiger partial charge is 0.336 e. The molecule has 2 aliphatic heterocycles. The molecule has 2 amide bonds. The quantitative estimate of drug-likeness (QED) is 0.198. The fourth-order valence-electron chi connectivity index (χ4n) is 7.24. The molecule has 2 heterocycles. The zero-order valence-corrected chi connectivity index (χ0v) is 25.4. The Hall–Kier alpha value is -2.62. The van der Waals surface area contributed by atoms with Gasteiger partial charge in [-0.3, -0.25) is 9.59 Å². The van der Waals surface area contributed by atoms with E-state index in [0.29, 0.717) is 25.9 Å². The third kappa shape index (κ3) is 6.47. The fourth-order valence-corrected chi connectivity index (χ4v) is 7.24. The van der Waals surface area contributed by atoms with Crippen LogP contribution in [0.5, 0.6) is 0 Å². The smallest absolute Gasteiger partial charge is 0.240 e. The minimum absolute atomic E-state index is 0.138. The van der Waals surface area contributed by atoms with Gasteiger partial charge < -0.3 is 9.80 Å². The lowest BCUT2D eigenvalue weighted by Gasteiger charge is -2.42. The van der Waals surface area contributed by atoms with Crippen molar-refractivity contribution < 1.29 is 9.59 Å². The van der Waals surface area contributed by atoms with Gasteiger partial charge in [-0.25, -0.2) is 0 Å². The number of carbonyl (C=O) groups is 2. The molecule has 0 bridgehead atoms. The summed E-state index contributed by atoms with van der Waals surface area (Å²) in [6, 6.07) is 18.4. The Morgan fingerprint density at radius 1 is 0.750 bits per heavy atom. The van der Waals surface area contributed by atoms with Crippen molar-refractivity contribution in [2.75, 3.05) is 11.4 Å². The monoisotopic (exact) mass is 544 g/mol. The first-order valence-electron chi connectivity index (χ1n) is 16.2. The topological polar surface area (TPSA) is 40.6 Å². The number of amides is 2. The first-order chi connectivity index (χ1) is 19.4. The lowest BCUT2D eigenvalue weighted by Crippen LogP contribution is -2.57.